The zero-order valence-corrected chi connectivity index (χ0v) is 10.8. The van der Waals surface area contributed by atoms with Crippen molar-refractivity contribution in [3.05, 3.63) is 5.82 Å². The second-order valence-electron chi connectivity index (χ2n) is 4.22. The van der Waals surface area contributed by atoms with Crippen molar-refractivity contribution in [1.29, 1.82) is 0 Å². The van der Waals surface area contributed by atoms with Crippen molar-refractivity contribution in [2.24, 2.45) is 0 Å². The maximum Gasteiger partial charge on any atom is 0.453 e. The first-order chi connectivity index (χ1) is 8.79. The van der Waals surface area contributed by atoms with Gasteiger partial charge in [0.2, 0.25) is 11.1 Å². The molecule has 0 radical (unpaired) electrons. The van der Waals surface area contributed by atoms with Crippen molar-refractivity contribution in [1.82, 2.24) is 20.2 Å². The van der Waals surface area contributed by atoms with E-state index in [0.29, 0.717) is 4.68 Å². The van der Waals surface area contributed by atoms with Gasteiger partial charge in [0.15, 0.2) is 0 Å². The minimum Gasteiger partial charge on any atom is -0.352 e. The van der Waals surface area contributed by atoms with E-state index in [4.69, 9.17) is 5.84 Å². The molecule has 19 heavy (non-hydrogen) atoms. The number of hydrogen-bond donors (Lipinski definition) is 2. The Morgan fingerprint density at radius 1 is 1.53 bits per heavy atom. The molecule has 1 fully saturated rings. The number of amides is 1. The van der Waals surface area contributed by atoms with Crippen molar-refractivity contribution in [2.75, 3.05) is 5.84 Å². The molecule has 3 N–H and O–H groups in total. The second-order valence-corrected chi connectivity index (χ2v) is 5.52. The maximum absolute atomic E-state index is 12.4. The minimum absolute atomic E-state index is 0.147. The minimum atomic E-state index is -4.67. The lowest BCUT2D eigenvalue weighted by atomic mass is 10.4. The number of nitrogens with one attached hydrogen (secondary N) is 1. The zero-order chi connectivity index (χ0) is 14.2. The van der Waals surface area contributed by atoms with Crippen molar-refractivity contribution >= 4 is 17.7 Å². The molecular weight excluding hydrogens is 283 g/mol. The third-order valence-electron chi connectivity index (χ3n) is 2.49. The van der Waals surface area contributed by atoms with Crippen LogP contribution in [-0.2, 0) is 11.0 Å². The van der Waals surface area contributed by atoms with Crippen LogP contribution in [0.5, 0.6) is 0 Å². The van der Waals surface area contributed by atoms with Crippen LogP contribution in [0.3, 0.4) is 0 Å². The molecule has 0 bridgehead atoms. The van der Waals surface area contributed by atoms with E-state index in [1.54, 1.807) is 6.92 Å². The van der Waals surface area contributed by atoms with E-state index in [1.165, 1.54) is 0 Å². The Labute approximate surface area is 110 Å². The normalized spacial score (nSPS) is 17.3. The summed E-state index contributed by atoms with van der Waals surface area (Å²) in [6, 6.07) is 0.192. The van der Waals surface area contributed by atoms with Crippen LogP contribution in [0.2, 0.25) is 0 Å². The zero-order valence-electron chi connectivity index (χ0n) is 9.94. The molecule has 0 aliphatic heterocycles. The summed E-state index contributed by atoms with van der Waals surface area (Å²) in [5.74, 6) is 3.74. The van der Waals surface area contributed by atoms with Crippen LogP contribution in [0.1, 0.15) is 25.6 Å². The number of carbonyl (C=O) groups excluding carboxylic acids is 1. The molecule has 106 valence electrons. The number of rotatable bonds is 4. The lowest BCUT2D eigenvalue weighted by Crippen LogP contribution is -2.33. The van der Waals surface area contributed by atoms with E-state index < -0.39 is 17.3 Å². The van der Waals surface area contributed by atoms with Crippen LogP contribution in [0, 0.1) is 0 Å². The van der Waals surface area contributed by atoms with E-state index in [9.17, 15) is 18.0 Å². The molecule has 0 aromatic carbocycles. The van der Waals surface area contributed by atoms with Gasteiger partial charge in [0.25, 0.3) is 5.82 Å². The van der Waals surface area contributed by atoms with Gasteiger partial charge in [-0.1, -0.05) is 11.8 Å². The highest BCUT2D eigenvalue weighted by molar-refractivity contribution is 8.00. The highest BCUT2D eigenvalue weighted by atomic mass is 32.2. The van der Waals surface area contributed by atoms with Crippen LogP contribution in [0.15, 0.2) is 5.16 Å². The highest BCUT2D eigenvalue weighted by Gasteiger charge is 2.38. The summed E-state index contributed by atoms with van der Waals surface area (Å²) in [5.41, 5.74) is 0. The van der Waals surface area contributed by atoms with Crippen molar-refractivity contribution in [2.45, 2.75) is 42.4 Å². The molecular formula is C9H12F3N5OS. The van der Waals surface area contributed by atoms with Gasteiger partial charge in [0.1, 0.15) is 0 Å². The summed E-state index contributed by atoms with van der Waals surface area (Å²) in [6.45, 7) is 1.57. The Hall–Kier alpha value is -1.45. The third-order valence-corrected chi connectivity index (χ3v) is 3.55. The van der Waals surface area contributed by atoms with E-state index in [1.807, 2.05) is 0 Å². The van der Waals surface area contributed by atoms with Crippen LogP contribution in [0.4, 0.5) is 13.2 Å². The van der Waals surface area contributed by atoms with Crippen molar-refractivity contribution < 1.29 is 18.0 Å². The molecule has 0 saturated heterocycles. The van der Waals surface area contributed by atoms with E-state index in [2.05, 4.69) is 15.5 Å². The number of hydrogen-bond acceptors (Lipinski definition) is 5. The molecule has 1 heterocycles. The Bertz CT molecular complexity index is 485. The van der Waals surface area contributed by atoms with Gasteiger partial charge < -0.3 is 11.2 Å². The summed E-state index contributed by atoms with van der Waals surface area (Å²) >= 11 is 0.837. The quantitative estimate of drug-likeness (QED) is 0.633. The SMILES string of the molecule is C[C@@H](Sc1nnc(C(F)(F)F)n1N)C(=O)NC1CC1. The third kappa shape index (κ3) is 3.31. The lowest BCUT2D eigenvalue weighted by molar-refractivity contribution is -0.146. The van der Waals surface area contributed by atoms with Gasteiger partial charge in [-0.15, -0.1) is 10.2 Å². The monoisotopic (exact) mass is 295 g/mol. The molecule has 0 unspecified atom stereocenters. The number of halogens is 3. The molecule has 1 saturated carbocycles. The molecule has 1 atom stereocenters. The predicted octanol–water partition coefficient (Wildman–Crippen LogP) is 0.770. The fourth-order valence-electron chi connectivity index (χ4n) is 1.31. The summed E-state index contributed by atoms with van der Waals surface area (Å²) in [4.78, 5) is 11.7. The van der Waals surface area contributed by atoms with E-state index in [0.717, 1.165) is 24.6 Å². The van der Waals surface area contributed by atoms with Gasteiger partial charge in [0.05, 0.1) is 5.25 Å². The van der Waals surface area contributed by atoms with Gasteiger partial charge in [-0.2, -0.15) is 13.2 Å². The predicted molar refractivity (Wildman–Crippen MR) is 61.7 cm³/mol. The molecule has 6 nitrogen and oxygen atoms in total. The Morgan fingerprint density at radius 2 is 2.16 bits per heavy atom. The standard InChI is InChI=1S/C9H12F3N5OS/c1-4(6(18)14-5-2-3-5)19-8-16-15-7(17(8)13)9(10,11)12/h4-5H,2-3,13H2,1H3,(H,14,18)/t4-/m1/s1. The molecule has 1 aromatic heterocycles. The first kappa shape index (κ1) is 14.0. The topological polar surface area (TPSA) is 85.8 Å². The molecule has 1 aliphatic rings. The fraction of sp³-hybridized carbons (Fsp3) is 0.667. The maximum atomic E-state index is 12.4. The number of carbonyl (C=O) groups is 1. The number of alkyl halides is 3. The van der Waals surface area contributed by atoms with E-state index >= 15 is 0 Å². The van der Waals surface area contributed by atoms with Gasteiger partial charge in [-0.05, 0) is 19.8 Å². The van der Waals surface area contributed by atoms with Gasteiger partial charge in [-0.3, -0.25) is 4.79 Å². The number of nitrogens with two attached hydrogens (primary N) is 1. The summed E-state index contributed by atoms with van der Waals surface area (Å²) < 4.78 is 37.7. The smallest absolute Gasteiger partial charge is 0.352 e. The van der Waals surface area contributed by atoms with Crippen LogP contribution < -0.4 is 11.2 Å². The summed E-state index contributed by atoms with van der Waals surface area (Å²) in [6.07, 6.45) is -2.79. The number of thioether (sulfide) groups is 1. The summed E-state index contributed by atoms with van der Waals surface area (Å²) in [7, 11) is 0. The fourth-order valence-corrected chi connectivity index (χ4v) is 2.09. The average molecular weight is 295 g/mol. The van der Waals surface area contributed by atoms with Gasteiger partial charge >= 0.3 is 6.18 Å². The van der Waals surface area contributed by atoms with Crippen LogP contribution in [0.25, 0.3) is 0 Å². The molecule has 0 spiro atoms. The molecule has 10 heteroatoms. The Balaban J connectivity index is 2.02. The Morgan fingerprint density at radius 3 is 2.63 bits per heavy atom. The number of nitrogens with zero attached hydrogens (tertiary/aromatic N) is 3. The van der Waals surface area contributed by atoms with Gasteiger partial charge in [-0.25, -0.2) is 4.68 Å². The lowest BCUT2D eigenvalue weighted by Gasteiger charge is -2.11. The van der Waals surface area contributed by atoms with Gasteiger partial charge in [0, 0.05) is 6.04 Å². The second kappa shape index (κ2) is 4.91. The molecule has 2 rings (SSSR count). The molecule has 1 aliphatic carbocycles. The first-order valence-electron chi connectivity index (χ1n) is 5.53. The van der Waals surface area contributed by atoms with Crippen molar-refractivity contribution in [3.8, 4) is 0 Å². The molecule has 1 amide bonds. The average Bonchev–Trinajstić information content (AvgIpc) is 3.02. The first-order valence-corrected chi connectivity index (χ1v) is 6.41. The molecule has 1 aromatic rings. The highest BCUT2D eigenvalue weighted by Crippen LogP contribution is 2.30. The Kier molecular flexibility index (Phi) is 3.61. The van der Waals surface area contributed by atoms with E-state index in [-0.39, 0.29) is 17.1 Å². The van der Waals surface area contributed by atoms with Crippen LogP contribution in [-0.4, -0.2) is 32.1 Å². The number of aromatic nitrogens is 3. The largest absolute Gasteiger partial charge is 0.453 e. The summed E-state index contributed by atoms with van der Waals surface area (Å²) in [5, 5.41) is 8.35. The van der Waals surface area contributed by atoms with Crippen LogP contribution >= 0.6 is 11.8 Å². The number of nitrogen functional groups attached to an aromatic ring is 1. The van der Waals surface area contributed by atoms with Crippen molar-refractivity contribution in [3.63, 3.8) is 0 Å².